The van der Waals surface area contributed by atoms with Crippen LogP contribution in [0.1, 0.15) is 21.5 Å². The molecular formula is C24H20N2O. The molecule has 0 saturated heterocycles. The smallest absolute Gasteiger partial charge is 0.256 e. The van der Waals surface area contributed by atoms with E-state index >= 15 is 0 Å². The van der Waals surface area contributed by atoms with Crippen LogP contribution in [0.2, 0.25) is 0 Å². The summed E-state index contributed by atoms with van der Waals surface area (Å²) in [6.07, 6.45) is 0. The highest BCUT2D eigenvalue weighted by Crippen LogP contribution is 2.26. The third-order valence-electron chi connectivity index (χ3n) is 4.88. The van der Waals surface area contributed by atoms with Crippen LogP contribution in [0, 0.1) is 13.8 Å². The molecule has 4 rings (SSSR count). The molecule has 0 radical (unpaired) electrons. The highest BCUT2D eigenvalue weighted by atomic mass is 16.1. The van der Waals surface area contributed by atoms with E-state index in [0.717, 1.165) is 39.0 Å². The van der Waals surface area contributed by atoms with Gasteiger partial charge in [-0.05, 0) is 43.2 Å². The standard InChI is InChI=1S/C24H20N2O/c1-16-9-8-14-21(17(16)2)26-24(27)20-15-23(18-10-4-3-5-11-18)25-22-13-7-6-12-19(20)22/h3-15H,1-2H3,(H,26,27). The van der Waals surface area contributed by atoms with Crippen LogP contribution in [0.25, 0.3) is 22.2 Å². The van der Waals surface area contributed by atoms with Crippen molar-refractivity contribution in [2.45, 2.75) is 13.8 Å². The fourth-order valence-electron chi connectivity index (χ4n) is 3.20. The Morgan fingerprint density at radius 1 is 0.852 bits per heavy atom. The second-order valence-electron chi connectivity index (χ2n) is 6.64. The summed E-state index contributed by atoms with van der Waals surface area (Å²) in [6.45, 7) is 4.06. The molecule has 3 aromatic carbocycles. The number of carbonyl (C=O) groups is 1. The lowest BCUT2D eigenvalue weighted by Gasteiger charge is -2.13. The molecule has 0 aliphatic carbocycles. The van der Waals surface area contributed by atoms with Gasteiger partial charge in [0.1, 0.15) is 0 Å². The van der Waals surface area contributed by atoms with E-state index in [2.05, 4.69) is 5.32 Å². The van der Waals surface area contributed by atoms with Gasteiger partial charge in [0.15, 0.2) is 0 Å². The van der Waals surface area contributed by atoms with E-state index in [-0.39, 0.29) is 5.91 Å². The number of anilines is 1. The summed E-state index contributed by atoms with van der Waals surface area (Å²) in [5, 5.41) is 3.92. The number of hydrogen-bond donors (Lipinski definition) is 1. The fourth-order valence-corrected chi connectivity index (χ4v) is 3.20. The summed E-state index contributed by atoms with van der Waals surface area (Å²) >= 11 is 0. The summed E-state index contributed by atoms with van der Waals surface area (Å²) < 4.78 is 0. The molecule has 27 heavy (non-hydrogen) atoms. The molecule has 0 spiro atoms. The minimum absolute atomic E-state index is 0.125. The zero-order chi connectivity index (χ0) is 18.8. The van der Waals surface area contributed by atoms with Crippen LogP contribution in [-0.2, 0) is 0 Å². The van der Waals surface area contributed by atoms with Crippen LogP contribution in [0.3, 0.4) is 0 Å². The van der Waals surface area contributed by atoms with Crippen LogP contribution in [0.5, 0.6) is 0 Å². The first-order valence-corrected chi connectivity index (χ1v) is 8.96. The average Bonchev–Trinajstić information content (AvgIpc) is 2.71. The molecule has 0 unspecified atom stereocenters. The number of nitrogens with zero attached hydrogens (tertiary/aromatic N) is 1. The van der Waals surface area contributed by atoms with Gasteiger partial charge in [-0.1, -0.05) is 60.7 Å². The Morgan fingerprint density at radius 2 is 1.59 bits per heavy atom. The topological polar surface area (TPSA) is 42.0 Å². The maximum Gasteiger partial charge on any atom is 0.256 e. The molecule has 0 bridgehead atoms. The highest BCUT2D eigenvalue weighted by molar-refractivity contribution is 6.13. The molecule has 0 atom stereocenters. The molecule has 0 fully saturated rings. The second-order valence-corrected chi connectivity index (χ2v) is 6.64. The number of carbonyl (C=O) groups excluding carboxylic acids is 1. The van der Waals surface area contributed by atoms with Gasteiger partial charge >= 0.3 is 0 Å². The SMILES string of the molecule is Cc1cccc(NC(=O)c2cc(-c3ccccc3)nc3ccccc23)c1C. The van der Waals surface area contributed by atoms with Crippen molar-refractivity contribution in [3.63, 3.8) is 0 Å². The van der Waals surface area contributed by atoms with Gasteiger partial charge in [0.05, 0.1) is 16.8 Å². The molecule has 0 saturated carbocycles. The Morgan fingerprint density at radius 3 is 2.41 bits per heavy atom. The monoisotopic (exact) mass is 352 g/mol. The molecule has 1 aromatic heterocycles. The molecule has 0 aliphatic rings. The van der Waals surface area contributed by atoms with Crippen molar-refractivity contribution >= 4 is 22.5 Å². The number of pyridine rings is 1. The lowest BCUT2D eigenvalue weighted by atomic mass is 10.0. The molecule has 132 valence electrons. The first-order chi connectivity index (χ1) is 13.1. The van der Waals surface area contributed by atoms with E-state index in [9.17, 15) is 4.79 Å². The number of para-hydroxylation sites is 1. The normalized spacial score (nSPS) is 10.7. The van der Waals surface area contributed by atoms with Gasteiger partial charge in [-0.3, -0.25) is 4.79 Å². The van der Waals surface area contributed by atoms with Crippen molar-refractivity contribution in [1.29, 1.82) is 0 Å². The van der Waals surface area contributed by atoms with Gasteiger partial charge in [-0.25, -0.2) is 4.98 Å². The lowest BCUT2D eigenvalue weighted by Crippen LogP contribution is -2.14. The van der Waals surface area contributed by atoms with Crippen molar-refractivity contribution in [3.05, 3.63) is 95.6 Å². The van der Waals surface area contributed by atoms with E-state index in [0.29, 0.717) is 5.56 Å². The molecule has 1 N–H and O–H groups in total. The number of rotatable bonds is 3. The predicted octanol–water partition coefficient (Wildman–Crippen LogP) is 5.77. The first-order valence-electron chi connectivity index (χ1n) is 8.96. The second kappa shape index (κ2) is 7.04. The number of fused-ring (bicyclic) bond motifs is 1. The number of amides is 1. The zero-order valence-electron chi connectivity index (χ0n) is 15.4. The van der Waals surface area contributed by atoms with Crippen LogP contribution in [0.4, 0.5) is 5.69 Å². The quantitative estimate of drug-likeness (QED) is 0.508. The third-order valence-corrected chi connectivity index (χ3v) is 4.88. The molecule has 3 heteroatoms. The molecule has 1 heterocycles. The molecule has 1 amide bonds. The van der Waals surface area contributed by atoms with Crippen LogP contribution in [0.15, 0.2) is 78.9 Å². The Kier molecular flexibility index (Phi) is 4.43. The van der Waals surface area contributed by atoms with Crippen LogP contribution in [-0.4, -0.2) is 10.9 Å². The number of aromatic nitrogens is 1. The number of hydrogen-bond acceptors (Lipinski definition) is 2. The summed E-state index contributed by atoms with van der Waals surface area (Å²) in [6, 6.07) is 25.5. The summed E-state index contributed by atoms with van der Waals surface area (Å²) in [5.74, 6) is -0.125. The maximum atomic E-state index is 13.1. The van der Waals surface area contributed by atoms with E-state index in [4.69, 9.17) is 4.98 Å². The van der Waals surface area contributed by atoms with Crippen molar-refractivity contribution < 1.29 is 4.79 Å². The lowest BCUT2D eigenvalue weighted by molar-refractivity contribution is 0.102. The van der Waals surface area contributed by atoms with Gasteiger partial charge in [-0.2, -0.15) is 0 Å². The van der Waals surface area contributed by atoms with E-state index in [1.165, 1.54) is 0 Å². The largest absolute Gasteiger partial charge is 0.322 e. The zero-order valence-corrected chi connectivity index (χ0v) is 15.4. The van der Waals surface area contributed by atoms with E-state index in [1.807, 2.05) is 92.7 Å². The number of aryl methyl sites for hydroxylation is 1. The molecule has 0 aliphatic heterocycles. The Labute approximate surface area is 158 Å². The molecular weight excluding hydrogens is 332 g/mol. The summed E-state index contributed by atoms with van der Waals surface area (Å²) in [5.41, 5.74) is 6.28. The third kappa shape index (κ3) is 3.32. The van der Waals surface area contributed by atoms with Crippen molar-refractivity contribution in [1.82, 2.24) is 4.98 Å². The minimum atomic E-state index is -0.125. The first kappa shape index (κ1) is 17.0. The van der Waals surface area contributed by atoms with Crippen molar-refractivity contribution in [2.75, 3.05) is 5.32 Å². The van der Waals surface area contributed by atoms with Gasteiger partial charge in [-0.15, -0.1) is 0 Å². The molecule has 4 aromatic rings. The highest BCUT2D eigenvalue weighted by Gasteiger charge is 2.15. The average molecular weight is 352 g/mol. The number of benzene rings is 3. The van der Waals surface area contributed by atoms with Crippen LogP contribution >= 0.6 is 0 Å². The predicted molar refractivity (Wildman–Crippen MR) is 111 cm³/mol. The Hall–Kier alpha value is -3.46. The van der Waals surface area contributed by atoms with E-state index in [1.54, 1.807) is 0 Å². The Bertz CT molecular complexity index is 1130. The van der Waals surface area contributed by atoms with Gasteiger partial charge < -0.3 is 5.32 Å². The number of nitrogens with one attached hydrogen (secondary N) is 1. The summed E-state index contributed by atoms with van der Waals surface area (Å²) in [7, 11) is 0. The molecule has 3 nitrogen and oxygen atoms in total. The van der Waals surface area contributed by atoms with E-state index < -0.39 is 0 Å². The van der Waals surface area contributed by atoms with Gasteiger partial charge in [0.25, 0.3) is 5.91 Å². The van der Waals surface area contributed by atoms with Crippen molar-refractivity contribution in [2.24, 2.45) is 0 Å². The minimum Gasteiger partial charge on any atom is -0.322 e. The fraction of sp³-hybridized carbons (Fsp3) is 0.0833. The van der Waals surface area contributed by atoms with Gasteiger partial charge in [0, 0.05) is 16.6 Å². The van der Waals surface area contributed by atoms with Gasteiger partial charge in [0.2, 0.25) is 0 Å². The summed E-state index contributed by atoms with van der Waals surface area (Å²) in [4.78, 5) is 17.9. The van der Waals surface area contributed by atoms with Crippen molar-refractivity contribution in [3.8, 4) is 11.3 Å². The van der Waals surface area contributed by atoms with Crippen LogP contribution < -0.4 is 5.32 Å². The Balaban J connectivity index is 1.82. The maximum absolute atomic E-state index is 13.1.